The number of hydrogen-bond acceptors (Lipinski definition) is 2. The maximum absolute atomic E-state index is 13.3. The minimum absolute atomic E-state index is 0.0376. The van der Waals surface area contributed by atoms with E-state index in [0.717, 1.165) is 6.07 Å². The molecule has 0 fully saturated rings. The van der Waals surface area contributed by atoms with Gasteiger partial charge in [-0.1, -0.05) is 6.07 Å². The molecule has 0 heterocycles. The molecule has 0 spiro atoms. The molecule has 3 N–H and O–H groups in total. The molecule has 0 bridgehead atoms. The number of halogens is 2. The first-order valence-electron chi connectivity index (χ1n) is 4.76. The average Bonchev–Trinajstić information content (AvgIpc) is 2.15. The van der Waals surface area contributed by atoms with E-state index >= 15 is 0 Å². The van der Waals surface area contributed by atoms with Crippen LogP contribution >= 0.6 is 0 Å². The van der Waals surface area contributed by atoms with Gasteiger partial charge in [-0.2, -0.15) is 0 Å². The molecule has 0 saturated carbocycles. The summed E-state index contributed by atoms with van der Waals surface area (Å²) in [7, 11) is 0. The summed E-state index contributed by atoms with van der Waals surface area (Å²) >= 11 is 0. The number of benzene rings is 1. The summed E-state index contributed by atoms with van der Waals surface area (Å²) in [6.45, 7) is 2.39. The van der Waals surface area contributed by atoms with Crippen molar-refractivity contribution in [3.05, 3.63) is 34.6 Å². The molecule has 0 aliphatic carbocycles. The zero-order valence-corrected chi connectivity index (χ0v) is 8.80. The number of nitrogens with two attached hydrogens (primary N) is 1. The van der Waals surface area contributed by atoms with Crippen molar-refractivity contribution in [2.45, 2.75) is 32.7 Å². The summed E-state index contributed by atoms with van der Waals surface area (Å²) in [5.74, 6) is -0.632. The Morgan fingerprint density at radius 3 is 2.47 bits per heavy atom. The molecule has 2 atom stereocenters. The zero-order chi connectivity index (χ0) is 11.6. The van der Waals surface area contributed by atoms with Crippen LogP contribution in [0.2, 0.25) is 0 Å². The predicted octanol–water partition coefficient (Wildman–Crippen LogP) is 1.98. The molecular weight excluding hydrogens is 200 g/mol. The van der Waals surface area contributed by atoms with E-state index in [9.17, 15) is 13.9 Å². The van der Waals surface area contributed by atoms with Crippen LogP contribution in [0.15, 0.2) is 12.1 Å². The summed E-state index contributed by atoms with van der Waals surface area (Å²) in [6.07, 6.45) is -0.924. The van der Waals surface area contributed by atoms with Crippen molar-refractivity contribution in [3.63, 3.8) is 0 Å². The smallest absolute Gasteiger partial charge is 0.129 e. The molecule has 0 aromatic heterocycles. The third-order valence-electron chi connectivity index (χ3n) is 2.41. The van der Waals surface area contributed by atoms with Crippen molar-refractivity contribution < 1.29 is 13.9 Å². The Morgan fingerprint density at radius 2 is 2.07 bits per heavy atom. The minimum Gasteiger partial charge on any atom is -0.387 e. The number of aryl methyl sites for hydroxylation is 1. The first-order chi connectivity index (χ1) is 6.97. The number of aliphatic hydroxyl groups excluding tert-OH is 1. The standard InChI is InChI=1S/C11H15F2NO/c1-6-3-8(11(15)7(2)14)4-10(13)9(6)5-12/h3-4,7,11,15H,5,14H2,1-2H3. The molecular formula is C11H15F2NO. The highest BCUT2D eigenvalue weighted by molar-refractivity contribution is 5.33. The lowest BCUT2D eigenvalue weighted by Crippen LogP contribution is -2.24. The van der Waals surface area contributed by atoms with E-state index in [1.807, 2.05) is 0 Å². The van der Waals surface area contributed by atoms with Gasteiger partial charge in [0.25, 0.3) is 0 Å². The molecule has 1 rings (SSSR count). The van der Waals surface area contributed by atoms with Gasteiger partial charge >= 0.3 is 0 Å². The van der Waals surface area contributed by atoms with Gasteiger partial charge in [-0.15, -0.1) is 0 Å². The number of alkyl halides is 1. The van der Waals surface area contributed by atoms with Gasteiger partial charge in [0.2, 0.25) is 0 Å². The highest BCUT2D eigenvalue weighted by atomic mass is 19.1. The van der Waals surface area contributed by atoms with Gasteiger partial charge < -0.3 is 10.8 Å². The maximum Gasteiger partial charge on any atom is 0.129 e. The number of rotatable bonds is 3. The van der Waals surface area contributed by atoms with Crippen LogP contribution < -0.4 is 5.73 Å². The fraction of sp³-hybridized carbons (Fsp3) is 0.455. The van der Waals surface area contributed by atoms with Crippen LogP contribution in [-0.4, -0.2) is 11.1 Å². The molecule has 1 aromatic carbocycles. The molecule has 2 unspecified atom stereocenters. The SMILES string of the molecule is Cc1cc(C(O)C(C)N)cc(F)c1CF. The molecule has 84 valence electrons. The maximum atomic E-state index is 13.3. The van der Waals surface area contributed by atoms with E-state index in [1.54, 1.807) is 19.9 Å². The van der Waals surface area contributed by atoms with Crippen molar-refractivity contribution in [1.29, 1.82) is 0 Å². The van der Waals surface area contributed by atoms with E-state index in [2.05, 4.69) is 0 Å². The van der Waals surface area contributed by atoms with Crippen molar-refractivity contribution in [2.75, 3.05) is 0 Å². The van der Waals surface area contributed by atoms with Gasteiger partial charge in [0.1, 0.15) is 12.5 Å². The lowest BCUT2D eigenvalue weighted by Gasteiger charge is -2.16. The Kier molecular flexibility index (Phi) is 3.77. The van der Waals surface area contributed by atoms with E-state index < -0.39 is 24.6 Å². The van der Waals surface area contributed by atoms with Gasteiger partial charge in [0.05, 0.1) is 6.10 Å². The van der Waals surface area contributed by atoms with Crippen molar-refractivity contribution >= 4 is 0 Å². The van der Waals surface area contributed by atoms with Gasteiger partial charge in [-0.05, 0) is 31.0 Å². The van der Waals surface area contributed by atoms with Crippen LogP contribution in [0.3, 0.4) is 0 Å². The molecule has 0 aliphatic rings. The van der Waals surface area contributed by atoms with E-state index in [1.165, 1.54) is 0 Å². The fourth-order valence-corrected chi connectivity index (χ4v) is 1.44. The first-order valence-corrected chi connectivity index (χ1v) is 4.76. The van der Waals surface area contributed by atoms with E-state index in [4.69, 9.17) is 5.73 Å². The zero-order valence-electron chi connectivity index (χ0n) is 8.80. The Balaban J connectivity index is 3.14. The number of hydrogen-bond donors (Lipinski definition) is 2. The molecule has 1 aromatic rings. The topological polar surface area (TPSA) is 46.2 Å². The highest BCUT2D eigenvalue weighted by Gasteiger charge is 2.16. The van der Waals surface area contributed by atoms with Crippen LogP contribution in [0.5, 0.6) is 0 Å². The second-order valence-electron chi connectivity index (χ2n) is 3.74. The normalized spacial score (nSPS) is 15.1. The predicted molar refractivity (Wildman–Crippen MR) is 54.6 cm³/mol. The second-order valence-corrected chi connectivity index (χ2v) is 3.74. The van der Waals surface area contributed by atoms with Crippen LogP contribution in [0.1, 0.15) is 29.7 Å². The van der Waals surface area contributed by atoms with Crippen LogP contribution in [0.25, 0.3) is 0 Å². The van der Waals surface area contributed by atoms with Crippen molar-refractivity contribution in [1.82, 2.24) is 0 Å². The molecule has 0 amide bonds. The number of aliphatic hydroxyl groups is 1. The quantitative estimate of drug-likeness (QED) is 0.809. The van der Waals surface area contributed by atoms with Gasteiger partial charge in [0, 0.05) is 11.6 Å². The Hall–Kier alpha value is -1.00. The van der Waals surface area contributed by atoms with Gasteiger partial charge in [-0.3, -0.25) is 0 Å². The lowest BCUT2D eigenvalue weighted by molar-refractivity contribution is 0.153. The molecule has 0 radical (unpaired) electrons. The molecule has 4 heteroatoms. The molecule has 15 heavy (non-hydrogen) atoms. The van der Waals surface area contributed by atoms with Gasteiger partial charge in [-0.25, -0.2) is 8.78 Å². The first kappa shape index (κ1) is 12.1. The van der Waals surface area contributed by atoms with Crippen LogP contribution in [-0.2, 0) is 6.67 Å². The Labute approximate surface area is 87.7 Å². The summed E-state index contributed by atoms with van der Waals surface area (Å²) in [5.41, 5.74) is 6.41. The summed E-state index contributed by atoms with van der Waals surface area (Å²) in [5, 5.41) is 9.62. The van der Waals surface area contributed by atoms with Crippen LogP contribution in [0, 0.1) is 12.7 Å². The van der Waals surface area contributed by atoms with Crippen LogP contribution in [0.4, 0.5) is 8.78 Å². The third kappa shape index (κ3) is 2.52. The largest absolute Gasteiger partial charge is 0.387 e. The third-order valence-corrected chi connectivity index (χ3v) is 2.41. The second kappa shape index (κ2) is 4.68. The molecule has 2 nitrogen and oxygen atoms in total. The molecule has 0 saturated heterocycles. The summed E-state index contributed by atoms with van der Waals surface area (Å²) < 4.78 is 25.8. The summed E-state index contributed by atoms with van der Waals surface area (Å²) in [6, 6.07) is 2.21. The van der Waals surface area contributed by atoms with E-state index in [0.29, 0.717) is 11.1 Å². The lowest BCUT2D eigenvalue weighted by atomic mass is 9.99. The average molecular weight is 215 g/mol. The van der Waals surface area contributed by atoms with Crippen molar-refractivity contribution in [2.24, 2.45) is 5.73 Å². The highest BCUT2D eigenvalue weighted by Crippen LogP contribution is 2.22. The molecule has 0 aliphatic heterocycles. The Bertz CT molecular complexity index is 329. The summed E-state index contributed by atoms with van der Waals surface area (Å²) in [4.78, 5) is 0. The minimum atomic E-state index is -0.924. The van der Waals surface area contributed by atoms with Crippen molar-refractivity contribution in [3.8, 4) is 0 Å². The van der Waals surface area contributed by atoms with E-state index in [-0.39, 0.29) is 5.56 Å². The monoisotopic (exact) mass is 215 g/mol. The van der Waals surface area contributed by atoms with Gasteiger partial charge in [0.15, 0.2) is 0 Å². The fourth-order valence-electron chi connectivity index (χ4n) is 1.44. The Morgan fingerprint density at radius 1 is 1.47 bits per heavy atom.